The van der Waals surface area contributed by atoms with E-state index in [1.165, 1.54) is 23.1 Å². The van der Waals surface area contributed by atoms with E-state index in [1.54, 1.807) is 55.5 Å². The Bertz CT molecular complexity index is 1530. The van der Waals surface area contributed by atoms with E-state index < -0.39 is 28.5 Å². The van der Waals surface area contributed by atoms with Crippen LogP contribution in [0, 0.1) is 6.92 Å². The second-order valence-electron chi connectivity index (χ2n) is 10.7. The maximum atomic E-state index is 14.3. The second kappa shape index (κ2) is 14.8. The van der Waals surface area contributed by atoms with Crippen molar-refractivity contribution in [2.75, 3.05) is 10.8 Å². The van der Waals surface area contributed by atoms with E-state index in [4.69, 9.17) is 34.8 Å². The van der Waals surface area contributed by atoms with Gasteiger partial charge in [-0.2, -0.15) is 0 Å². The van der Waals surface area contributed by atoms with E-state index in [0.717, 1.165) is 36.4 Å². The van der Waals surface area contributed by atoms with Crippen LogP contribution in [0.15, 0.2) is 71.6 Å². The zero-order valence-corrected chi connectivity index (χ0v) is 27.3. The molecule has 2 amide bonds. The number of carbonyl (C=O) groups excluding carboxylic acids is 2. The molecule has 1 fully saturated rings. The summed E-state index contributed by atoms with van der Waals surface area (Å²) in [4.78, 5) is 29.5. The molecule has 1 N–H and O–H groups in total. The molecule has 0 aliphatic heterocycles. The summed E-state index contributed by atoms with van der Waals surface area (Å²) in [6.45, 7) is 2.91. The Morgan fingerprint density at radius 3 is 2.21 bits per heavy atom. The monoisotopic (exact) mass is 663 g/mol. The second-order valence-corrected chi connectivity index (χ2v) is 13.9. The van der Waals surface area contributed by atoms with Gasteiger partial charge in [0.2, 0.25) is 11.8 Å². The van der Waals surface area contributed by atoms with Gasteiger partial charge in [0.05, 0.1) is 10.6 Å². The van der Waals surface area contributed by atoms with Gasteiger partial charge in [-0.05, 0) is 68.1 Å². The fraction of sp³-hybridized carbons (Fsp3) is 0.375. The normalized spacial score (nSPS) is 14.6. The molecule has 0 aromatic heterocycles. The SMILES string of the molecule is CC[C@H](C(=O)NC1CCCCC1)N(Cc1c(Cl)cccc1Cl)C(=O)CN(c1cc(Cl)ccc1C)S(=O)(=O)c1ccccc1. The lowest BCUT2D eigenvalue weighted by atomic mass is 9.95. The molecule has 1 aliphatic carbocycles. The number of carbonyl (C=O) groups is 2. The molecule has 1 atom stereocenters. The zero-order chi connectivity index (χ0) is 31.1. The van der Waals surface area contributed by atoms with Crippen LogP contribution in [0.1, 0.15) is 56.6 Å². The highest BCUT2D eigenvalue weighted by atomic mass is 35.5. The fourth-order valence-corrected chi connectivity index (χ4v) is 7.58. The van der Waals surface area contributed by atoms with Gasteiger partial charge < -0.3 is 10.2 Å². The minimum atomic E-state index is -4.21. The molecule has 0 heterocycles. The highest BCUT2D eigenvalue weighted by Crippen LogP contribution is 2.31. The highest BCUT2D eigenvalue weighted by Gasteiger charge is 2.35. The molecule has 3 aromatic rings. The lowest BCUT2D eigenvalue weighted by Crippen LogP contribution is -2.54. The third-order valence-electron chi connectivity index (χ3n) is 7.78. The predicted octanol–water partition coefficient (Wildman–Crippen LogP) is 7.41. The lowest BCUT2D eigenvalue weighted by molar-refractivity contribution is -0.140. The summed E-state index contributed by atoms with van der Waals surface area (Å²) in [7, 11) is -4.21. The Morgan fingerprint density at radius 2 is 1.58 bits per heavy atom. The maximum Gasteiger partial charge on any atom is 0.264 e. The first-order valence-corrected chi connectivity index (χ1v) is 17.0. The van der Waals surface area contributed by atoms with Gasteiger partial charge in [0.15, 0.2) is 0 Å². The summed E-state index contributed by atoms with van der Waals surface area (Å²) < 4.78 is 29.1. The predicted molar refractivity (Wildman–Crippen MR) is 173 cm³/mol. The van der Waals surface area contributed by atoms with E-state index >= 15 is 0 Å². The van der Waals surface area contributed by atoms with E-state index in [1.807, 2.05) is 6.92 Å². The third kappa shape index (κ3) is 8.04. The molecule has 0 spiro atoms. The molecule has 1 aliphatic rings. The van der Waals surface area contributed by atoms with Gasteiger partial charge in [0, 0.05) is 33.2 Å². The third-order valence-corrected chi connectivity index (χ3v) is 10.5. The molecule has 1 saturated carbocycles. The molecule has 0 radical (unpaired) electrons. The van der Waals surface area contributed by atoms with Crippen molar-refractivity contribution in [2.24, 2.45) is 0 Å². The van der Waals surface area contributed by atoms with Gasteiger partial charge in [-0.1, -0.05) is 91.3 Å². The number of rotatable bonds is 11. The molecule has 7 nitrogen and oxygen atoms in total. The number of sulfonamides is 1. The zero-order valence-electron chi connectivity index (χ0n) is 24.2. The quantitative estimate of drug-likeness (QED) is 0.231. The van der Waals surface area contributed by atoms with Crippen LogP contribution >= 0.6 is 34.8 Å². The molecule has 4 rings (SSSR count). The number of benzene rings is 3. The Labute approximate surface area is 269 Å². The number of anilines is 1. The van der Waals surface area contributed by atoms with E-state index in [2.05, 4.69) is 5.32 Å². The van der Waals surface area contributed by atoms with Crippen LogP contribution in [0.3, 0.4) is 0 Å². The first kappa shape index (κ1) is 33.1. The van der Waals surface area contributed by atoms with Crippen LogP contribution in [0.2, 0.25) is 15.1 Å². The van der Waals surface area contributed by atoms with Crippen molar-refractivity contribution < 1.29 is 18.0 Å². The summed E-state index contributed by atoms with van der Waals surface area (Å²) >= 11 is 19.3. The van der Waals surface area contributed by atoms with Crippen LogP contribution in [0.4, 0.5) is 5.69 Å². The molecule has 43 heavy (non-hydrogen) atoms. The molecule has 230 valence electrons. The van der Waals surface area contributed by atoms with Crippen LogP contribution in [-0.2, 0) is 26.2 Å². The Morgan fingerprint density at radius 1 is 0.930 bits per heavy atom. The summed E-state index contributed by atoms with van der Waals surface area (Å²) in [5, 5.41) is 4.13. The first-order chi connectivity index (χ1) is 20.5. The average molecular weight is 665 g/mol. The Kier molecular flexibility index (Phi) is 11.4. The summed E-state index contributed by atoms with van der Waals surface area (Å²) in [5.74, 6) is -0.872. The van der Waals surface area contributed by atoms with Crippen molar-refractivity contribution in [3.05, 3.63) is 92.9 Å². The van der Waals surface area contributed by atoms with Crippen molar-refractivity contribution in [1.29, 1.82) is 0 Å². The molecule has 0 saturated heterocycles. The van der Waals surface area contributed by atoms with Gasteiger partial charge in [0.25, 0.3) is 10.0 Å². The van der Waals surface area contributed by atoms with Crippen molar-refractivity contribution in [3.8, 4) is 0 Å². The van der Waals surface area contributed by atoms with E-state index in [0.29, 0.717) is 32.6 Å². The average Bonchev–Trinajstić information content (AvgIpc) is 2.99. The summed E-state index contributed by atoms with van der Waals surface area (Å²) in [6.07, 6.45) is 5.25. The summed E-state index contributed by atoms with van der Waals surface area (Å²) in [5.41, 5.74) is 1.35. The van der Waals surface area contributed by atoms with Crippen molar-refractivity contribution in [3.63, 3.8) is 0 Å². The van der Waals surface area contributed by atoms with E-state index in [-0.39, 0.29) is 29.1 Å². The van der Waals surface area contributed by atoms with Gasteiger partial charge in [-0.15, -0.1) is 0 Å². The number of amides is 2. The van der Waals surface area contributed by atoms with Crippen LogP contribution in [-0.4, -0.2) is 43.8 Å². The molecule has 0 unspecified atom stereocenters. The minimum Gasteiger partial charge on any atom is -0.352 e. The Balaban J connectivity index is 1.76. The lowest BCUT2D eigenvalue weighted by Gasteiger charge is -2.35. The fourth-order valence-electron chi connectivity index (χ4n) is 5.40. The number of nitrogens with one attached hydrogen (secondary N) is 1. The number of nitrogens with zero attached hydrogens (tertiary/aromatic N) is 2. The van der Waals surface area contributed by atoms with Crippen LogP contribution in [0.25, 0.3) is 0 Å². The van der Waals surface area contributed by atoms with Gasteiger partial charge in [0.1, 0.15) is 12.6 Å². The van der Waals surface area contributed by atoms with Crippen molar-refractivity contribution in [1.82, 2.24) is 10.2 Å². The van der Waals surface area contributed by atoms with Gasteiger partial charge >= 0.3 is 0 Å². The molecule has 0 bridgehead atoms. The Hall–Kier alpha value is -2.78. The number of hydrogen-bond donors (Lipinski definition) is 1. The standard InChI is InChI=1S/C32H36Cl3N3O4S/c1-3-29(32(40)36-24-11-6-4-7-12-24)37(20-26-27(34)15-10-16-28(26)35)31(39)21-38(30-19-23(33)18-17-22(30)2)43(41,42)25-13-8-5-9-14-25/h5,8-10,13-19,24,29H,3-4,6-7,11-12,20-21H2,1-2H3,(H,36,40)/t29-/m1/s1. The van der Waals surface area contributed by atoms with Gasteiger partial charge in [-0.25, -0.2) is 8.42 Å². The number of aryl methyl sites for hydroxylation is 1. The highest BCUT2D eigenvalue weighted by molar-refractivity contribution is 7.92. The molecule has 11 heteroatoms. The smallest absolute Gasteiger partial charge is 0.264 e. The summed E-state index contributed by atoms with van der Waals surface area (Å²) in [6, 6.07) is 16.9. The maximum absolute atomic E-state index is 14.3. The molecular weight excluding hydrogens is 629 g/mol. The first-order valence-electron chi connectivity index (χ1n) is 14.4. The van der Waals surface area contributed by atoms with Crippen LogP contribution < -0.4 is 9.62 Å². The topological polar surface area (TPSA) is 86.8 Å². The molecule has 3 aromatic carbocycles. The van der Waals surface area contributed by atoms with Gasteiger partial charge in [-0.3, -0.25) is 13.9 Å². The number of hydrogen-bond acceptors (Lipinski definition) is 4. The minimum absolute atomic E-state index is 0.0185. The van der Waals surface area contributed by atoms with Crippen molar-refractivity contribution in [2.45, 2.75) is 75.9 Å². The largest absolute Gasteiger partial charge is 0.352 e. The number of halogens is 3. The van der Waals surface area contributed by atoms with Crippen LogP contribution in [0.5, 0.6) is 0 Å². The molecular formula is C32H36Cl3N3O4S. The van der Waals surface area contributed by atoms with E-state index in [9.17, 15) is 18.0 Å². The van der Waals surface area contributed by atoms with Crippen molar-refractivity contribution >= 4 is 62.3 Å².